The molecule has 1 N–H and O–H groups in total. The average Bonchev–Trinajstić information content (AvgIpc) is 2.81. The molecule has 1 aliphatic heterocycles. The Bertz CT molecular complexity index is 1460. The molecule has 2 aromatic carbocycles. The molecule has 0 radical (unpaired) electrons. The van der Waals surface area contributed by atoms with Crippen molar-refractivity contribution in [1.82, 2.24) is 14.3 Å². The summed E-state index contributed by atoms with van der Waals surface area (Å²) in [5, 5.41) is 4.30. The third-order valence-electron chi connectivity index (χ3n) is 5.71. The highest BCUT2D eigenvalue weighted by Gasteiger charge is 2.29. The topological polar surface area (TPSA) is 75.2 Å². The van der Waals surface area contributed by atoms with Crippen molar-refractivity contribution >= 4 is 32.4 Å². The molecule has 6 nitrogen and oxygen atoms in total. The van der Waals surface area contributed by atoms with Crippen LogP contribution in [-0.2, 0) is 28.7 Å². The quantitative estimate of drug-likeness (QED) is 0.467. The predicted molar refractivity (Wildman–Crippen MR) is 122 cm³/mol. The van der Waals surface area contributed by atoms with Crippen molar-refractivity contribution in [1.29, 1.82) is 0 Å². The zero-order valence-electron chi connectivity index (χ0n) is 17.5. The Morgan fingerprint density at radius 1 is 1.03 bits per heavy atom. The summed E-state index contributed by atoms with van der Waals surface area (Å²) in [4.78, 5) is 8.90. The Morgan fingerprint density at radius 3 is 2.73 bits per heavy atom. The van der Waals surface area contributed by atoms with Gasteiger partial charge in [0.15, 0.2) is 0 Å². The van der Waals surface area contributed by atoms with Crippen LogP contribution in [0, 0.1) is 11.6 Å². The van der Waals surface area contributed by atoms with Gasteiger partial charge in [-0.25, -0.2) is 22.2 Å². The summed E-state index contributed by atoms with van der Waals surface area (Å²) in [5.74, 6) is -1.47. The van der Waals surface area contributed by atoms with Crippen LogP contribution in [0.25, 0.3) is 10.9 Å². The molecule has 0 aliphatic carbocycles. The number of halogens is 2. The number of benzene rings is 2. The zero-order chi connectivity index (χ0) is 23.0. The fraction of sp³-hybridized carbons (Fsp3) is 0.167. The number of rotatable bonds is 5. The van der Waals surface area contributed by atoms with Crippen molar-refractivity contribution in [3.05, 3.63) is 95.3 Å². The lowest BCUT2D eigenvalue weighted by Gasteiger charge is -2.29. The van der Waals surface area contributed by atoms with Crippen molar-refractivity contribution in [2.24, 2.45) is 0 Å². The molecule has 168 valence electrons. The van der Waals surface area contributed by atoms with Crippen molar-refractivity contribution in [2.45, 2.75) is 18.7 Å². The number of hydrogen-bond donors (Lipinski definition) is 1. The van der Waals surface area contributed by atoms with E-state index in [1.807, 2.05) is 30.3 Å². The fourth-order valence-corrected chi connectivity index (χ4v) is 5.53. The molecule has 0 amide bonds. The lowest BCUT2D eigenvalue weighted by atomic mass is 10.0. The minimum absolute atomic E-state index is 0.0527. The van der Waals surface area contributed by atoms with E-state index < -0.39 is 27.4 Å². The number of sulfonamides is 1. The van der Waals surface area contributed by atoms with E-state index in [0.717, 1.165) is 33.8 Å². The van der Waals surface area contributed by atoms with Gasteiger partial charge in [-0.1, -0.05) is 24.3 Å². The second kappa shape index (κ2) is 8.49. The van der Waals surface area contributed by atoms with Crippen LogP contribution in [-0.4, -0.2) is 29.2 Å². The first kappa shape index (κ1) is 21.4. The largest absolute Gasteiger partial charge is 0.339 e. The number of hydrogen-bond acceptors (Lipinski definition) is 5. The van der Waals surface area contributed by atoms with Crippen LogP contribution in [0.2, 0.25) is 0 Å². The molecule has 1 aliphatic rings. The highest BCUT2D eigenvalue weighted by atomic mass is 32.2. The third kappa shape index (κ3) is 4.42. The third-order valence-corrected chi connectivity index (χ3v) is 7.48. The maximum atomic E-state index is 14.0. The summed E-state index contributed by atoms with van der Waals surface area (Å²) in [6, 6.07) is 14.5. The summed E-state index contributed by atoms with van der Waals surface area (Å²) in [6.45, 7) is 0.405. The normalized spacial score (nSPS) is 14.2. The first-order valence-corrected chi connectivity index (χ1v) is 12.0. The van der Waals surface area contributed by atoms with Crippen LogP contribution in [0.15, 0.2) is 67.0 Å². The number of nitrogens with zero attached hydrogens (tertiary/aromatic N) is 3. The first-order valence-electron chi connectivity index (χ1n) is 10.4. The van der Waals surface area contributed by atoms with Crippen molar-refractivity contribution < 1.29 is 17.2 Å². The standard InChI is InChI=1S/C24H20F2N4O2S/c25-19-6-5-18(22(26)12-19)15-33(31,32)30-10-8-21-17(14-30)7-9-27-24(21)29-20-11-16-3-1-2-4-23(16)28-13-20/h1-7,9,11-13H,8,10,14-15H2,(H,27,29). The highest BCUT2D eigenvalue weighted by molar-refractivity contribution is 7.88. The van der Waals surface area contributed by atoms with Gasteiger partial charge in [-0.05, 0) is 36.2 Å². The molecule has 2 aromatic heterocycles. The predicted octanol–water partition coefficient (Wildman–Crippen LogP) is 4.54. The van der Waals surface area contributed by atoms with Gasteiger partial charge in [0.1, 0.15) is 17.5 Å². The summed E-state index contributed by atoms with van der Waals surface area (Å²) in [7, 11) is -3.79. The SMILES string of the molecule is O=S(=O)(Cc1ccc(F)cc1F)N1CCc2c(ccnc2Nc2cnc3ccccc3c2)C1. The van der Waals surface area contributed by atoms with Crippen LogP contribution in [0.4, 0.5) is 20.3 Å². The summed E-state index contributed by atoms with van der Waals surface area (Å²) < 4.78 is 54.3. The van der Waals surface area contributed by atoms with Gasteiger partial charge in [0.2, 0.25) is 10.0 Å². The molecule has 0 unspecified atom stereocenters. The fourth-order valence-electron chi connectivity index (χ4n) is 4.01. The van der Waals surface area contributed by atoms with Gasteiger partial charge >= 0.3 is 0 Å². The molecule has 0 spiro atoms. The average molecular weight is 467 g/mol. The Kier molecular flexibility index (Phi) is 5.51. The number of para-hydroxylation sites is 1. The molecule has 3 heterocycles. The molecule has 0 atom stereocenters. The monoisotopic (exact) mass is 466 g/mol. The van der Waals surface area contributed by atoms with Crippen LogP contribution < -0.4 is 5.32 Å². The zero-order valence-corrected chi connectivity index (χ0v) is 18.3. The maximum Gasteiger partial charge on any atom is 0.218 e. The number of nitrogens with one attached hydrogen (secondary N) is 1. The van der Waals surface area contributed by atoms with Gasteiger partial charge in [0.25, 0.3) is 0 Å². The van der Waals surface area contributed by atoms with Gasteiger partial charge in [0, 0.05) is 41.9 Å². The minimum atomic E-state index is -3.79. The Morgan fingerprint density at radius 2 is 1.88 bits per heavy atom. The summed E-state index contributed by atoms with van der Waals surface area (Å²) in [5.41, 5.74) is 3.39. The minimum Gasteiger partial charge on any atom is -0.339 e. The Hall–Kier alpha value is -3.43. The van der Waals surface area contributed by atoms with E-state index in [-0.39, 0.29) is 18.7 Å². The molecular formula is C24H20F2N4O2S. The maximum absolute atomic E-state index is 14.0. The smallest absolute Gasteiger partial charge is 0.218 e. The van der Waals surface area contributed by atoms with E-state index in [4.69, 9.17) is 0 Å². The van der Waals surface area contributed by atoms with Crippen molar-refractivity contribution in [3.8, 4) is 0 Å². The Labute approximate surface area is 190 Å². The number of pyridine rings is 2. The lowest BCUT2D eigenvalue weighted by Crippen LogP contribution is -2.37. The van der Waals surface area contributed by atoms with Gasteiger partial charge in [0.05, 0.1) is 23.2 Å². The molecule has 0 fully saturated rings. The van der Waals surface area contributed by atoms with Gasteiger partial charge in [-0.15, -0.1) is 0 Å². The lowest BCUT2D eigenvalue weighted by molar-refractivity contribution is 0.390. The molecular weight excluding hydrogens is 446 g/mol. The van der Waals surface area contributed by atoms with Crippen LogP contribution in [0.1, 0.15) is 16.7 Å². The second-order valence-electron chi connectivity index (χ2n) is 7.91. The number of anilines is 2. The van der Waals surface area contributed by atoms with Gasteiger partial charge in [-0.3, -0.25) is 4.98 Å². The van der Waals surface area contributed by atoms with Crippen LogP contribution in [0.3, 0.4) is 0 Å². The van der Waals surface area contributed by atoms with Crippen LogP contribution >= 0.6 is 0 Å². The molecule has 0 saturated carbocycles. The van der Waals surface area contributed by atoms with Gasteiger partial charge in [-0.2, -0.15) is 4.31 Å². The molecule has 33 heavy (non-hydrogen) atoms. The summed E-state index contributed by atoms with van der Waals surface area (Å²) >= 11 is 0. The first-order chi connectivity index (χ1) is 15.9. The molecule has 4 aromatic rings. The molecule has 0 bridgehead atoms. The molecule has 9 heteroatoms. The Balaban J connectivity index is 1.37. The number of fused-ring (bicyclic) bond motifs is 2. The van der Waals surface area contributed by atoms with E-state index in [1.54, 1.807) is 18.5 Å². The number of aromatic nitrogens is 2. The van der Waals surface area contributed by atoms with E-state index in [1.165, 1.54) is 10.4 Å². The molecule has 5 rings (SSSR count). The van der Waals surface area contributed by atoms with E-state index in [2.05, 4.69) is 15.3 Å². The van der Waals surface area contributed by atoms with E-state index in [9.17, 15) is 17.2 Å². The highest BCUT2D eigenvalue weighted by Crippen LogP contribution is 2.29. The van der Waals surface area contributed by atoms with Crippen molar-refractivity contribution in [2.75, 3.05) is 11.9 Å². The van der Waals surface area contributed by atoms with Crippen LogP contribution in [0.5, 0.6) is 0 Å². The van der Waals surface area contributed by atoms with Gasteiger partial charge < -0.3 is 5.32 Å². The summed E-state index contributed by atoms with van der Waals surface area (Å²) in [6.07, 6.45) is 3.82. The molecule has 0 saturated heterocycles. The van der Waals surface area contributed by atoms with E-state index in [0.29, 0.717) is 18.3 Å². The van der Waals surface area contributed by atoms with Crippen molar-refractivity contribution in [3.63, 3.8) is 0 Å². The second-order valence-corrected chi connectivity index (χ2v) is 9.88. The van der Waals surface area contributed by atoms with E-state index >= 15 is 0 Å².